The normalized spacial score (nSPS) is 17.1. The zero-order valence-corrected chi connectivity index (χ0v) is 18.4. The van der Waals surface area contributed by atoms with Crippen LogP contribution in [0.2, 0.25) is 0 Å². The van der Waals surface area contributed by atoms with Crippen molar-refractivity contribution in [3.8, 4) is 0 Å². The summed E-state index contributed by atoms with van der Waals surface area (Å²) in [6.45, 7) is 7.43. The fourth-order valence-corrected chi connectivity index (χ4v) is 4.96. The second-order valence-corrected chi connectivity index (χ2v) is 8.96. The summed E-state index contributed by atoms with van der Waals surface area (Å²) in [7, 11) is 0. The molecule has 1 aromatic carbocycles. The van der Waals surface area contributed by atoms with Gasteiger partial charge in [0, 0.05) is 29.9 Å². The van der Waals surface area contributed by atoms with E-state index in [1.54, 1.807) is 30.2 Å². The smallest absolute Gasteiger partial charge is 0.330 e. The molecule has 158 valence electrons. The zero-order valence-electron chi connectivity index (χ0n) is 17.6. The minimum absolute atomic E-state index is 0.222. The number of aromatic nitrogens is 2. The largest absolute Gasteiger partial charge is 0.463 e. The number of anilines is 2. The van der Waals surface area contributed by atoms with E-state index in [4.69, 9.17) is 4.74 Å². The fraction of sp³-hybridized carbons (Fsp3) is 0.435. The molecular weight excluding hydrogens is 396 g/mol. The maximum absolute atomic E-state index is 11.6. The molecule has 2 aliphatic rings. The van der Waals surface area contributed by atoms with Crippen molar-refractivity contribution < 1.29 is 9.53 Å². The number of allylic oxidation sites excluding steroid dienone is 1. The van der Waals surface area contributed by atoms with Crippen molar-refractivity contribution in [3.05, 3.63) is 47.8 Å². The first-order chi connectivity index (χ1) is 14.6. The molecule has 0 radical (unpaired) electrons. The lowest BCUT2D eigenvalue weighted by Gasteiger charge is -2.32. The first-order valence-corrected chi connectivity index (χ1v) is 11.4. The topological polar surface area (TPSA) is 67.3 Å². The molecule has 0 aliphatic carbocycles. The van der Waals surface area contributed by atoms with Crippen LogP contribution in [0.25, 0.3) is 0 Å². The van der Waals surface area contributed by atoms with Crippen LogP contribution in [0.5, 0.6) is 0 Å². The highest BCUT2D eigenvalue weighted by Gasteiger charge is 2.21. The first-order valence-electron chi connectivity index (χ1n) is 10.6. The number of nitrogens with one attached hydrogen (secondary N) is 1. The summed E-state index contributed by atoms with van der Waals surface area (Å²) in [5.41, 5.74) is 3.54. The van der Waals surface area contributed by atoms with Crippen LogP contribution in [0, 0.1) is 5.92 Å². The Hall–Kier alpha value is -2.38. The third kappa shape index (κ3) is 5.21. The molecular formula is C23H28N4O2S. The highest BCUT2D eigenvalue weighted by atomic mass is 32.2. The second-order valence-electron chi connectivity index (χ2n) is 7.93. The summed E-state index contributed by atoms with van der Waals surface area (Å²) in [4.78, 5) is 24.1. The van der Waals surface area contributed by atoms with Crippen molar-refractivity contribution >= 4 is 29.2 Å². The molecule has 2 aromatic rings. The number of piperidine rings is 1. The predicted octanol–water partition coefficient (Wildman–Crippen LogP) is 4.80. The van der Waals surface area contributed by atoms with Gasteiger partial charge in [-0.1, -0.05) is 23.4 Å². The van der Waals surface area contributed by atoms with Crippen LogP contribution in [0.1, 0.15) is 38.7 Å². The molecule has 1 aromatic heterocycles. The van der Waals surface area contributed by atoms with Gasteiger partial charge in [0.05, 0.1) is 12.3 Å². The van der Waals surface area contributed by atoms with Crippen molar-refractivity contribution in [1.82, 2.24) is 14.9 Å². The van der Waals surface area contributed by atoms with Gasteiger partial charge in [0.15, 0.2) is 5.82 Å². The van der Waals surface area contributed by atoms with Gasteiger partial charge in [-0.2, -0.15) is 0 Å². The Morgan fingerprint density at radius 1 is 1.30 bits per heavy atom. The number of hydrogen-bond donors (Lipinski definition) is 1. The third-order valence-corrected chi connectivity index (χ3v) is 6.61. The monoisotopic (exact) mass is 424 g/mol. The van der Waals surface area contributed by atoms with Gasteiger partial charge >= 0.3 is 5.97 Å². The van der Waals surface area contributed by atoms with E-state index in [1.165, 1.54) is 10.5 Å². The molecule has 3 heterocycles. The summed E-state index contributed by atoms with van der Waals surface area (Å²) in [6.07, 6.45) is 8.40. The number of benzene rings is 1. The minimum Gasteiger partial charge on any atom is -0.463 e. The van der Waals surface area contributed by atoms with E-state index in [0.29, 0.717) is 12.5 Å². The average molecular weight is 425 g/mol. The number of esters is 1. The molecule has 0 unspecified atom stereocenters. The zero-order chi connectivity index (χ0) is 20.9. The average Bonchev–Trinajstić information content (AvgIpc) is 2.73. The van der Waals surface area contributed by atoms with Crippen molar-refractivity contribution in [2.45, 2.75) is 49.6 Å². The van der Waals surface area contributed by atoms with Gasteiger partial charge in [-0.25, -0.2) is 14.8 Å². The van der Waals surface area contributed by atoms with E-state index in [9.17, 15) is 4.79 Å². The van der Waals surface area contributed by atoms with Gasteiger partial charge in [-0.05, 0) is 69.8 Å². The lowest BCUT2D eigenvalue weighted by molar-refractivity contribution is -0.137. The summed E-state index contributed by atoms with van der Waals surface area (Å²) in [5.74, 6) is 1.25. The van der Waals surface area contributed by atoms with E-state index < -0.39 is 0 Å². The summed E-state index contributed by atoms with van der Waals surface area (Å²) < 4.78 is 5.01. The Morgan fingerprint density at radius 2 is 2.10 bits per heavy atom. The van der Waals surface area contributed by atoms with Crippen LogP contribution >= 0.6 is 11.8 Å². The minimum atomic E-state index is -0.222. The van der Waals surface area contributed by atoms with Gasteiger partial charge in [0.1, 0.15) is 5.03 Å². The third-order valence-electron chi connectivity index (χ3n) is 5.54. The highest BCUT2D eigenvalue weighted by Crippen LogP contribution is 2.42. The van der Waals surface area contributed by atoms with E-state index in [2.05, 4.69) is 38.4 Å². The number of carbonyl (C=O) groups excluding carboxylic acids is 1. The number of ether oxygens (including phenoxy) is 1. The van der Waals surface area contributed by atoms with E-state index in [-0.39, 0.29) is 5.97 Å². The Kier molecular flexibility index (Phi) is 6.69. The van der Waals surface area contributed by atoms with Gasteiger partial charge in [0.2, 0.25) is 0 Å². The van der Waals surface area contributed by atoms with Crippen molar-refractivity contribution in [2.75, 3.05) is 25.0 Å². The maximum atomic E-state index is 11.6. The molecule has 30 heavy (non-hydrogen) atoms. The highest BCUT2D eigenvalue weighted by molar-refractivity contribution is 7.99. The van der Waals surface area contributed by atoms with Gasteiger partial charge in [-0.3, -0.25) is 4.90 Å². The number of likely N-dealkylation sites (tertiary alicyclic amines) is 1. The lowest BCUT2D eigenvalue weighted by Crippen LogP contribution is -2.33. The maximum Gasteiger partial charge on any atom is 0.330 e. The Bertz CT molecular complexity index is 939. The van der Waals surface area contributed by atoms with Crippen LogP contribution in [0.3, 0.4) is 0 Å². The van der Waals surface area contributed by atoms with Crippen molar-refractivity contribution in [3.63, 3.8) is 0 Å². The van der Waals surface area contributed by atoms with Crippen LogP contribution in [-0.4, -0.2) is 40.5 Å². The van der Waals surface area contributed by atoms with Crippen LogP contribution in [-0.2, 0) is 16.1 Å². The molecule has 1 N–H and O–H groups in total. The Balaban J connectivity index is 1.29. The summed E-state index contributed by atoms with van der Waals surface area (Å²) in [6, 6.07) is 6.63. The molecule has 1 saturated heterocycles. The molecule has 6 nitrogen and oxygen atoms in total. The van der Waals surface area contributed by atoms with E-state index in [1.807, 2.05) is 13.8 Å². The van der Waals surface area contributed by atoms with E-state index in [0.717, 1.165) is 61.0 Å². The molecule has 0 bridgehead atoms. The van der Waals surface area contributed by atoms with Gasteiger partial charge in [-0.15, -0.1) is 0 Å². The molecule has 1 fully saturated rings. The molecule has 7 heteroatoms. The first kappa shape index (κ1) is 20.9. The quantitative estimate of drug-likeness (QED) is 0.450. The Labute approximate surface area is 182 Å². The fourth-order valence-electron chi connectivity index (χ4n) is 4.09. The Morgan fingerprint density at radius 3 is 2.90 bits per heavy atom. The number of rotatable bonds is 6. The molecule has 0 atom stereocenters. The van der Waals surface area contributed by atoms with Crippen LogP contribution in [0.4, 0.5) is 11.5 Å². The predicted molar refractivity (Wildman–Crippen MR) is 119 cm³/mol. The van der Waals surface area contributed by atoms with Gasteiger partial charge in [0.25, 0.3) is 0 Å². The lowest BCUT2D eigenvalue weighted by atomic mass is 9.90. The second kappa shape index (κ2) is 9.62. The van der Waals surface area contributed by atoms with Crippen molar-refractivity contribution in [1.29, 1.82) is 0 Å². The number of fused-ring (bicyclic) bond motifs is 2. The molecule has 0 amide bonds. The molecule has 0 saturated carbocycles. The van der Waals surface area contributed by atoms with Crippen molar-refractivity contribution in [2.24, 2.45) is 5.92 Å². The van der Waals surface area contributed by atoms with Crippen LogP contribution < -0.4 is 5.32 Å². The van der Waals surface area contributed by atoms with Crippen LogP contribution in [0.15, 0.2) is 52.2 Å². The summed E-state index contributed by atoms with van der Waals surface area (Å²) >= 11 is 1.66. The molecule has 4 rings (SSSR count). The number of hydrogen-bond acceptors (Lipinski definition) is 7. The number of carbonyl (C=O) groups is 1. The standard InChI is InChI=1S/C23H28N4O2S/c1-3-29-21(28)13-16(2)12-17-6-10-27(11-7-17)15-18-4-5-20-19(14-18)26-22-23(30-20)25-9-8-24-22/h4-5,8-9,13-14,17H,3,6-7,10-12,15H2,1-2H3,(H,24,26)/b16-13-. The van der Waals surface area contributed by atoms with E-state index >= 15 is 0 Å². The molecule has 0 spiro atoms. The molecule has 2 aliphatic heterocycles. The van der Waals surface area contributed by atoms with Gasteiger partial charge < -0.3 is 10.1 Å². The SMILES string of the molecule is CCOC(=O)/C=C(/C)CC1CCN(Cc2ccc3c(c2)Nc2nccnc2S3)CC1. The number of nitrogens with zero attached hydrogens (tertiary/aromatic N) is 3. The summed E-state index contributed by atoms with van der Waals surface area (Å²) in [5, 5.41) is 4.34.